The number of pyridine rings is 1. The molecule has 2 aromatic heterocycles. The molecule has 0 unspecified atom stereocenters. The van der Waals surface area contributed by atoms with Crippen molar-refractivity contribution in [3.8, 4) is 28.6 Å². The predicted molar refractivity (Wildman–Crippen MR) is 97.4 cm³/mol. The van der Waals surface area contributed by atoms with Crippen molar-refractivity contribution in [3.63, 3.8) is 0 Å². The third-order valence-electron chi connectivity index (χ3n) is 3.48. The van der Waals surface area contributed by atoms with Crippen molar-refractivity contribution in [2.75, 3.05) is 26.6 Å². The fourth-order valence-corrected chi connectivity index (χ4v) is 2.49. The highest BCUT2D eigenvalue weighted by Gasteiger charge is 2.14. The molecule has 0 fully saturated rings. The third kappa shape index (κ3) is 3.75. The van der Waals surface area contributed by atoms with Crippen LogP contribution in [0.4, 0.5) is 11.6 Å². The Balaban J connectivity index is 1.93. The number of hydrogen-bond donors (Lipinski definition) is 1. The molecule has 0 aliphatic heterocycles. The fraction of sp³-hybridized carbons (Fsp3) is 0.176. The summed E-state index contributed by atoms with van der Waals surface area (Å²) in [5, 5.41) is 3.47. The molecule has 0 amide bonds. The quantitative estimate of drug-likeness (QED) is 0.658. The summed E-state index contributed by atoms with van der Waals surface area (Å²) in [6.07, 6.45) is 3.00. The van der Waals surface area contributed by atoms with Gasteiger partial charge in [0.25, 0.3) is 0 Å². The molecule has 0 aliphatic rings. The Bertz CT molecular complexity index is 897. The molecular weight excluding hydrogens is 358 g/mol. The van der Waals surface area contributed by atoms with E-state index in [0.717, 1.165) is 5.56 Å². The van der Waals surface area contributed by atoms with Crippen LogP contribution >= 0.6 is 11.6 Å². The molecule has 1 N–H and O–H groups in total. The lowest BCUT2D eigenvalue weighted by Gasteiger charge is -2.14. The molecule has 0 radical (unpaired) electrons. The number of aromatic nitrogens is 4. The second kappa shape index (κ2) is 7.83. The van der Waals surface area contributed by atoms with Gasteiger partial charge in [0.05, 0.1) is 21.3 Å². The van der Waals surface area contributed by atoms with Crippen LogP contribution in [0.15, 0.2) is 36.8 Å². The van der Waals surface area contributed by atoms with E-state index >= 15 is 0 Å². The van der Waals surface area contributed by atoms with E-state index in [-0.39, 0.29) is 0 Å². The number of nitrogens with one attached hydrogen (secondary N) is 1. The molecule has 0 spiro atoms. The van der Waals surface area contributed by atoms with Crippen LogP contribution in [-0.2, 0) is 0 Å². The van der Waals surface area contributed by atoms with E-state index in [0.29, 0.717) is 39.9 Å². The Morgan fingerprint density at radius 2 is 1.65 bits per heavy atom. The maximum absolute atomic E-state index is 5.92. The third-order valence-corrected chi connectivity index (χ3v) is 3.68. The zero-order chi connectivity index (χ0) is 18.5. The molecule has 3 aromatic rings. The van der Waals surface area contributed by atoms with Gasteiger partial charge in [0.1, 0.15) is 11.5 Å². The molecule has 0 atom stereocenters. The van der Waals surface area contributed by atoms with Crippen LogP contribution in [0.1, 0.15) is 0 Å². The number of anilines is 2. The van der Waals surface area contributed by atoms with Crippen LogP contribution in [0, 0.1) is 0 Å². The van der Waals surface area contributed by atoms with E-state index in [4.69, 9.17) is 25.8 Å². The predicted octanol–water partition coefficient (Wildman–Crippen LogP) is 3.36. The van der Waals surface area contributed by atoms with Gasteiger partial charge >= 0.3 is 0 Å². The van der Waals surface area contributed by atoms with Gasteiger partial charge in [0.15, 0.2) is 17.3 Å². The van der Waals surface area contributed by atoms with E-state index in [9.17, 15) is 0 Å². The summed E-state index contributed by atoms with van der Waals surface area (Å²) < 4.78 is 16.0. The van der Waals surface area contributed by atoms with Crippen molar-refractivity contribution in [1.82, 2.24) is 19.9 Å². The standard InChI is InChI=1S/C17H16ClN5O3/c1-24-12-7-11(8-13(25-2)15(12)26-3)22-17-21-9-20-16(23-17)10-4-5-19-14(18)6-10/h4-9H,1-3H3,(H,20,21,22,23). The molecule has 0 saturated heterocycles. The molecule has 2 heterocycles. The van der Waals surface area contributed by atoms with Gasteiger partial charge in [-0.25, -0.2) is 15.0 Å². The minimum atomic E-state index is 0.359. The summed E-state index contributed by atoms with van der Waals surface area (Å²) in [4.78, 5) is 16.7. The second-order valence-corrected chi connectivity index (χ2v) is 5.43. The van der Waals surface area contributed by atoms with Gasteiger partial charge in [-0.2, -0.15) is 4.98 Å². The van der Waals surface area contributed by atoms with Crippen molar-refractivity contribution in [1.29, 1.82) is 0 Å². The molecule has 0 bridgehead atoms. The maximum Gasteiger partial charge on any atom is 0.230 e. The molecule has 26 heavy (non-hydrogen) atoms. The summed E-state index contributed by atoms with van der Waals surface area (Å²) in [6.45, 7) is 0. The summed E-state index contributed by atoms with van der Waals surface area (Å²) in [7, 11) is 4.65. The number of hydrogen-bond acceptors (Lipinski definition) is 8. The Morgan fingerprint density at radius 1 is 0.923 bits per heavy atom. The first kappa shape index (κ1) is 17.7. The number of benzene rings is 1. The number of ether oxygens (including phenoxy) is 3. The molecule has 0 aliphatic carbocycles. The van der Waals surface area contributed by atoms with Crippen LogP contribution in [0.3, 0.4) is 0 Å². The SMILES string of the molecule is COc1cc(Nc2ncnc(-c3ccnc(Cl)c3)n2)cc(OC)c1OC. The lowest BCUT2D eigenvalue weighted by Crippen LogP contribution is -2.02. The Kier molecular flexibility index (Phi) is 5.33. The summed E-state index contributed by atoms with van der Waals surface area (Å²) in [5.74, 6) is 2.37. The van der Waals surface area contributed by atoms with Crippen molar-refractivity contribution in [2.45, 2.75) is 0 Å². The molecular formula is C17H16ClN5O3. The van der Waals surface area contributed by atoms with Gasteiger partial charge in [-0.3, -0.25) is 0 Å². The highest BCUT2D eigenvalue weighted by Crippen LogP contribution is 2.40. The van der Waals surface area contributed by atoms with E-state index in [1.807, 2.05) is 0 Å². The zero-order valence-electron chi connectivity index (χ0n) is 14.4. The van der Waals surface area contributed by atoms with E-state index in [1.165, 1.54) is 6.33 Å². The summed E-state index contributed by atoms with van der Waals surface area (Å²) in [6, 6.07) is 6.97. The van der Waals surface area contributed by atoms with E-state index in [1.54, 1.807) is 51.8 Å². The van der Waals surface area contributed by atoms with Crippen molar-refractivity contribution in [2.24, 2.45) is 0 Å². The number of halogens is 1. The molecule has 0 saturated carbocycles. The average molecular weight is 374 g/mol. The van der Waals surface area contributed by atoms with Gasteiger partial charge in [-0.1, -0.05) is 11.6 Å². The monoisotopic (exact) mass is 373 g/mol. The van der Waals surface area contributed by atoms with Crippen molar-refractivity contribution >= 4 is 23.2 Å². The number of rotatable bonds is 6. The normalized spacial score (nSPS) is 10.3. The molecule has 8 nitrogen and oxygen atoms in total. The van der Waals surface area contributed by atoms with Crippen LogP contribution in [0.25, 0.3) is 11.4 Å². The second-order valence-electron chi connectivity index (χ2n) is 5.04. The van der Waals surface area contributed by atoms with Crippen LogP contribution in [-0.4, -0.2) is 41.3 Å². The average Bonchev–Trinajstić information content (AvgIpc) is 2.67. The van der Waals surface area contributed by atoms with Crippen LogP contribution < -0.4 is 19.5 Å². The van der Waals surface area contributed by atoms with Gasteiger partial charge in [-0.05, 0) is 12.1 Å². The fourth-order valence-electron chi connectivity index (χ4n) is 2.32. The summed E-state index contributed by atoms with van der Waals surface area (Å²) in [5.41, 5.74) is 1.41. The number of nitrogens with zero attached hydrogens (tertiary/aromatic N) is 4. The Morgan fingerprint density at radius 3 is 2.27 bits per heavy atom. The highest BCUT2D eigenvalue weighted by molar-refractivity contribution is 6.29. The first-order valence-electron chi connectivity index (χ1n) is 7.52. The maximum atomic E-state index is 5.92. The van der Waals surface area contributed by atoms with Gasteiger partial charge < -0.3 is 19.5 Å². The molecule has 134 valence electrons. The lowest BCUT2D eigenvalue weighted by molar-refractivity contribution is 0.324. The highest BCUT2D eigenvalue weighted by atomic mass is 35.5. The topological polar surface area (TPSA) is 91.3 Å². The van der Waals surface area contributed by atoms with Crippen LogP contribution in [0.5, 0.6) is 17.2 Å². The minimum absolute atomic E-state index is 0.359. The lowest BCUT2D eigenvalue weighted by atomic mass is 10.2. The Hall–Kier alpha value is -3.13. The molecule has 3 rings (SSSR count). The largest absolute Gasteiger partial charge is 0.493 e. The van der Waals surface area contributed by atoms with Crippen molar-refractivity contribution < 1.29 is 14.2 Å². The number of methoxy groups -OCH3 is 3. The summed E-state index contributed by atoms with van der Waals surface area (Å²) >= 11 is 5.92. The van der Waals surface area contributed by atoms with Gasteiger partial charge in [-0.15, -0.1) is 0 Å². The van der Waals surface area contributed by atoms with E-state index < -0.39 is 0 Å². The van der Waals surface area contributed by atoms with Gasteiger partial charge in [0, 0.05) is 29.6 Å². The smallest absolute Gasteiger partial charge is 0.230 e. The van der Waals surface area contributed by atoms with Crippen LogP contribution in [0.2, 0.25) is 5.15 Å². The first-order valence-corrected chi connectivity index (χ1v) is 7.90. The molecule has 1 aromatic carbocycles. The van der Waals surface area contributed by atoms with Gasteiger partial charge in [0.2, 0.25) is 11.7 Å². The zero-order valence-corrected chi connectivity index (χ0v) is 15.1. The molecule has 9 heteroatoms. The minimum Gasteiger partial charge on any atom is -0.493 e. The first-order chi connectivity index (χ1) is 12.6. The van der Waals surface area contributed by atoms with Crippen molar-refractivity contribution in [3.05, 3.63) is 41.9 Å². The Labute approximate surface area is 155 Å². The van der Waals surface area contributed by atoms with E-state index in [2.05, 4.69) is 25.3 Å².